The van der Waals surface area contributed by atoms with Gasteiger partial charge in [0.2, 0.25) is 6.49 Å². The molecule has 11 aromatic rings. The van der Waals surface area contributed by atoms with Gasteiger partial charge in [0, 0.05) is 58.7 Å². The Kier molecular flexibility index (Phi) is 47.8. The molecule has 0 bridgehead atoms. The number of hydrogen-bond acceptors (Lipinski definition) is 5. The van der Waals surface area contributed by atoms with Gasteiger partial charge in [-0.1, -0.05) is 293 Å². The summed E-state index contributed by atoms with van der Waals surface area (Å²) in [5.41, 5.74) is 2.19. The molecule has 2 heterocycles. The molecule has 5 nitrogen and oxygen atoms in total. The minimum absolute atomic E-state index is 0. The second-order valence-corrected chi connectivity index (χ2v) is 29.2. The van der Waals surface area contributed by atoms with Crippen molar-refractivity contribution in [3.63, 3.8) is 0 Å². The predicted molar refractivity (Wildman–Crippen MR) is 380 cm³/mol. The molecule has 0 radical (unpaired) electrons. The summed E-state index contributed by atoms with van der Waals surface area (Å²) in [6.07, 6.45) is 5.55. The van der Waals surface area contributed by atoms with Crippen molar-refractivity contribution in [2.45, 2.75) is 13.8 Å². The third-order valence-corrected chi connectivity index (χ3v) is 20.8. The van der Waals surface area contributed by atoms with Crippen LogP contribution in [0.5, 0.6) is 0 Å². The summed E-state index contributed by atoms with van der Waals surface area (Å²) in [5, 5.41) is 5.01. The van der Waals surface area contributed by atoms with Gasteiger partial charge in [0.15, 0.2) is 0 Å². The Labute approximate surface area is 591 Å². The summed E-state index contributed by atoms with van der Waals surface area (Å²) < 4.78 is 40.8. The molecule has 0 N–H and O–H groups in total. The van der Waals surface area contributed by atoms with Crippen LogP contribution in [0.1, 0.15) is 13.8 Å². The molecule has 16 heteroatoms. The van der Waals surface area contributed by atoms with Crippen LogP contribution in [0.2, 0.25) is 0 Å². The van der Waals surface area contributed by atoms with E-state index in [4.69, 9.17) is 11.2 Å². The number of aromatic nitrogens is 2. The molecule has 0 saturated heterocycles. The van der Waals surface area contributed by atoms with Gasteiger partial charge in [-0.15, -0.1) is 0 Å². The maximum Gasteiger partial charge on any atom is 2.00 e. The number of hydrogen-bond donors (Lipinski definition) is 0. The van der Waals surface area contributed by atoms with Gasteiger partial charge in [-0.25, -0.2) is 4.98 Å². The second kappa shape index (κ2) is 48.9. The Balaban J connectivity index is 0. The number of pyridine rings is 2. The molecule has 9 aromatic carbocycles. The van der Waals surface area contributed by atoms with E-state index >= 15 is 0 Å². The smallest absolute Gasteiger partial charge is 1.00 e. The van der Waals surface area contributed by atoms with Crippen LogP contribution in [-0.2, 0) is 13.7 Å². The van der Waals surface area contributed by atoms with Crippen molar-refractivity contribution in [1.82, 2.24) is 9.97 Å². The first-order valence-electron chi connectivity index (χ1n) is 25.7. The zero-order valence-electron chi connectivity index (χ0n) is 48.8. The first kappa shape index (κ1) is 84.1. The Morgan fingerprint density at radius 1 is 0.349 bits per heavy atom. The molecule has 11 rings (SSSR count). The van der Waals surface area contributed by atoms with Crippen LogP contribution in [-0.4, -0.2) is 69.4 Å². The average Bonchev–Trinajstić information content (AvgIpc) is 2.52. The fraction of sp³-hybridized carbons (Fsp3) is 0.0571. The fourth-order valence-electron chi connectivity index (χ4n) is 6.85. The second-order valence-electron chi connectivity index (χ2n) is 17.3. The first-order chi connectivity index (χ1) is 39.2. The van der Waals surface area contributed by atoms with Gasteiger partial charge < -0.3 is 52.4 Å². The van der Waals surface area contributed by atoms with Crippen molar-refractivity contribution >= 4 is 158 Å². The molecule has 0 atom stereocenters. The monoisotopic (exact) mass is 1510 g/mol. The number of benzene rings is 9. The molecule has 0 saturated carbocycles. The number of nitrogens with zero attached hydrogens (tertiary/aromatic N) is 2. The van der Waals surface area contributed by atoms with Gasteiger partial charge in [-0.05, 0) is 89.0 Å². The van der Waals surface area contributed by atoms with Crippen LogP contribution in [0.15, 0.2) is 335 Å². The van der Waals surface area contributed by atoms with Gasteiger partial charge in [-0.3, -0.25) is 9.55 Å². The summed E-state index contributed by atoms with van der Waals surface area (Å²) in [6, 6.07) is 98.6. The van der Waals surface area contributed by atoms with E-state index in [1.807, 2.05) is 313 Å². The third kappa shape index (κ3) is 32.5. The van der Waals surface area contributed by atoms with Crippen molar-refractivity contribution in [2.24, 2.45) is 0 Å². The largest absolute Gasteiger partial charge is 2.00 e. The summed E-state index contributed by atoms with van der Waals surface area (Å²) in [5.74, 6) is 0. The molecule has 0 spiro atoms. The zero-order chi connectivity index (χ0) is 58.4. The number of halogens is 6. The molecule has 0 aliphatic rings. The van der Waals surface area contributed by atoms with Gasteiger partial charge in [0.05, 0.1) is 5.69 Å². The topological polar surface area (TPSA) is 77.0 Å². The van der Waals surface area contributed by atoms with Crippen LogP contribution < -0.4 is 61.2 Å². The molecule has 0 unspecified atom stereocenters. The molecule has 0 amide bonds. The van der Waals surface area contributed by atoms with E-state index in [1.165, 1.54) is 0 Å². The first-order valence-corrected chi connectivity index (χ1v) is 35.0. The van der Waals surface area contributed by atoms with Crippen LogP contribution in [0.3, 0.4) is 0 Å². The predicted octanol–water partition coefficient (Wildman–Crippen LogP) is 12.8. The van der Waals surface area contributed by atoms with Crippen LogP contribution in [0.25, 0.3) is 11.3 Å². The molecule has 438 valence electrons. The summed E-state index contributed by atoms with van der Waals surface area (Å²) >= 11 is 16.0. The quantitative estimate of drug-likeness (QED) is 0.0688. The van der Waals surface area contributed by atoms with E-state index < -0.39 is 20.8 Å². The van der Waals surface area contributed by atoms with E-state index in [2.05, 4.69) is 69.9 Å². The molecular formula is C70H69Br4Cl2Mg2N2O3P3. The fourth-order valence-corrected chi connectivity index (χ4v) is 13.4. The standard InChI is InChI=1S/2C13H13OP.C12H10ClOP.C11H9N.2C6H5Br.C5H4BrN.C3H7.CH3.BrH.ClH.2Mg/c2*1-15(14,12-8-4-2-5-9-12)13-10-6-3-7-11-13;13-15(14,11-7-3-1-4-8-11)12-9-5-2-6-10-12;1-2-6-10(7-3-1)11-8-4-5-9-12-11;2*7-6-4-2-1-3-5-6;6-5-3-1-2-4-7-5;1-3-2;;;;;/h2*2-11H,1H3;1-10H;1-9H;2*1-5H;1-4H;3H,1-2H3;1H3;2*1H;;/q;;;;;;;2*-1;;;2*+2/p-2. The summed E-state index contributed by atoms with van der Waals surface area (Å²) in [6.45, 7) is 4.71. The minimum atomic E-state index is -2.93. The Morgan fingerprint density at radius 3 is 0.767 bits per heavy atom. The molecule has 0 fully saturated rings. The van der Waals surface area contributed by atoms with Crippen LogP contribution in [0.4, 0.5) is 0 Å². The van der Waals surface area contributed by atoms with Crippen LogP contribution >= 0.6 is 79.8 Å². The summed E-state index contributed by atoms with van der Waals surface area (Å²) in [7, 11) is -4.79. The average molecular weight is 1520 g/mol. The van der Waals surface area contributed by atoms with E-state index in [0.29, 0.717) is 10.6 Å². The van der Waals surface area contributed by atoms with Crippen molar-refractivity contribution < 1.29 is 43.1 Å². The van der Waals surface area contributed by atoms with Gasteiger partial charge in [0.25, 0.3) is 0 Å². The number of rotatable bonds is 7. The minimum Gasteiger partial charge on any atom is -1.00 e. The molecule has 0 aliphatic heterocycles. The maximum atomic E-state index is 12.6. The summed E-state index contributed by atoms with van der Waals surface area (Å²) in [4.78, 5) is 8.14. The third-order valence-electron chi connectivity index (χ3n) is 11.0. The Morgan fingerprint density at radius 2 is 0.570 bits per heavy atom. The van der Waals surface area contributed by atoms with E-state index in [1.54, 1.807) is 30.5 Å². The van der Waals surface area contributed by atoms with E-state index in [-0.39, 0.29) is 82.9 Å². The van der Waals surface area contributed by atoms with Gasteiger partial charge in [-0.2, -0.15) is 13.8 Å². The Bertz CT molecular complexity index is 3030. The molecule has 0 aliphatic carbocycles. The van der Waals surface area contributed by atoms with Crippen LogP contribution in [0, 0.1) is 13.8 Å². The molecular weight excluding hydrogens is 1450 g/mol. The van der Waals surface area contributed by atoms with E-state index in [9.17, 15) is 13.7 Å². The van der Waals surface area contributed by atoms with E-state index in [0.717, 1.165) is 46.0 Å². The van der Waals surface area contributed by atoms with Gasteiger partial charge in [0.1, 0.15) is 18.9 Å². The maximum absolute atomic E-state index is 12.6. The molecule has 86 heavy (non-hydrogen) atoms. The Hall–Kier alpha value is -4.00. The van der Waals surface area contributed by atoms with Crippen molar-refractivity contribution in [3.8, 4) is 11.3 Å². The normalized spacial score (nSPS) is 9.58. The zero-order valence-corrected chi connectivity index (χ0v) is 62.2. The molecule has 2 aromatic heterocycles. The van der Waals surface area contributed by atoms with Crippen molar-refractivity contribution in [3.05, 3.63) is 349 Å². The van der Waals surface area contributed by atoms with Crippen molar-refractivity contribution in [2.75, 3.05) is 13.3 Å². The SMILES string of the molecule is Brc1ccccc1.Brc1ccccc1.Brc1ccccn1.CP(=O)(c1ccccc1)c1ccccc1.CP(=O)(c1ccccc1)c1ccccc1.C[CH-]C.O=P(Cl)(c1ccccc1)c1ccccc1.[Br-].[CH3-].[Cl-].[Mg+2].[Mg+2].c1ccc(-c2ccccn2)cc1. The van der Waals surface area contributed by atoms with Gasteiger partial charge >= 0.3 is 46.1 Å². The van der Waals surface area contributed by atoms with Crippen molar-refractivity contribution in [1.29, 1.82) is 0 Å².